The Morgan fingerprint density at radius 3 is 2.07 bits per heavy atom. The summed E-state index contributed by atoms with van der Waals surface area (Å²) in [5.74, 6) is 1.12. The quantitative estimate of drug-likeness (QED) is 0.119. The molecule has 6 aromatic carbocycles. The average molecular weight is 795 g/mol. The van der Waals surface area contributed by atoms with E-state index in [0.29, 0.717) is 17.3 Å². The van der Waals surface area contributed by atoms with Gasteiger partial charge >= 0.3 is 20.4 Å². The second-order valence-corrected chi connectivity index (χ2v) is 13.3. The van der Waals surface area contributed by atoms with Gasteiger partial charge in [-0.25, -0.2) is 9.37 Å². The van der Waals surface area contributed by atoms with Crippen LogP contribution in [-0.4, -0.2) is 19.3 Å². The molecule has 0 radical (unpaired) electrons. The molecule has 7 heteroatoms. The topological polar surface area (TPSA) is 44.9 Å². The molecule has 0 bridgehead atoms. The van der Waals surface area contributed by atoms with Gasteiger partial charge in [-0.3, -0.25) is 4.68 Å². The van der Waals surface area contributed by atoms with E-state index in [9.17, 15) is 4.39 Å². The molecule has 3 heterocycles. The Morgan fingerprint density at radius 2 is 1.33 bits per heavy atom. The predicted octanol–water partition coefficient (Wildman–Crippen LogP) is 11.8. The van der Waals surface area contributed by atoms with Gasteiger partial charge in [0.25, 0.3) is 0 Å². The number of fused-ring (bicyclic) bond motifs is 3. The van der Waals surface area contributed by atoms with Gasteiger partial charge in [-0.15, -0.1) is 35.7 Å². The molecule has 0 aliphatic heterocycles. The van der Waals surface area contributed by atoms with Gasteiger partial charge in [-0.2, -0.15) is 16.7 Å². The van der Waals surface area contributed by atoms with Gasteiger partial charge in [0.15, 0.2) is 0 Å². The van der Waals surface area contributed by atoms with Crippen molar-refractivity contribution in [3.8, 4) is 56.6 Å². The van der Waals surface area contributed by atoms with E-state index >= 15 is 0 Å². The number of nitrogens with zero attached hydrogens (tertiary/aromatic N) is 4. The number of hydrogen-bond donors (Lipinski definition) is 0. The molecule has 9 rings (SSSR count). The summed E-state index contributed by atoms with van der Waals surface area (Å²) in [5, 5.41) is 7.35. The monoisotopic (exact) mass is 794 g/mol. The van der Waals surface area contributed by atoms with Gasteiger partial charge in [0, 0.05) is 46.0 Å². The molecule has 5 nitrogen and oxygen atoms in total. The molecule has 3 aromatic heterocycles. The van der Waals surface area contributed by atoms with Crippen LogP contribution in [0.1, 0.15) is 16.7 Å². The van der Waals surface area contributed by atoms with Gasteiger partial charge in [-0.05, 0) is 53.7 Å². The zero-order valence-corrected chi connectivity index (χ0v) is 31.3. The van der Waals surface area contributed by atoms with E-state index in [1.807, 2.05) is 82.9 Å². The van der Waals surface area contributed by atoms with Crippen molar-refractivity contribution in [3.63, 3.8) is 0 Å². The molecule has 0 aliphatic rings. The molecule has 0 unspecified atom stereocenters. The summed E-state index contributed by atoms with van der Waals surface area (Å²) in [4.78, 5) is 4.50. The van der Waals surface area contributed by atoms with Crippen molar-refractivity contribution in [1.82, 2.24) is 19.3 Å². The first-order chi connectivity index (χ1) is 25.9. The normalized spacial score (nSPS) is 11.2. The smallest absolute Gasteiger partial charge is 0.509 e. The van der Waals surface area contributed by atoms with Gasteiger partial charge < -0.3 is 9.30 Å². The first-order valence-electron chi connectivity index (χ1n) is 17.5. The van der Waals surface area contributed by atoms with E-state index in [4.69, 9.17) is 9.84 Å². The fourth-order valence-electron chi connectivity index (χ4n) is 7.34. The number of aromatic nitrogens is 4. The number of para-hydroxylation sites is 1. The Balaban J connectivity index is 0.00000413. The summed E-state index contributed by atoms with van der Waals surface area (Å²) in [6.45, 7) is 6.36. The van der Waals surface area contributed by atoms with Crippen molar-refractivity contribution in [2.24, 2.45) is 0 Å². The minimum Gasteiger partial charge on any atom is -0.509 e. The van der Waals surface area contributed by atoms with E-state index in [1.54, 1.807) is 0 Å². The van der Waals surface area contributed by atoms with Crippen molar-refractivity contribution in [1.29, 1.82) is 0 Å². The summed E-state index contributed by atoms with van der Waals surface area (Å²) >= 11 is 0. The SMILES string of the molecule is Cc1cc(Oc2[c-]c3c(cc2)c2ccccc2n3-c2cc(F)ccn2)[c-]c(-n2nc(-c3ccccc3)c(-c3c(C)cccc3C)c2-c2ccccc2)c1.[Pd+2]. The maximum absolute atomic E-state index is 14.4. The molecule has 0 spiro atoms. The Labute approximate surface area is 327 Å². The first kappa shape index (κ1) is 34.9. The van der Waals surface area contributed by atoms with Crippen molar-refractivity contribution >= 4 is 21.8 Å². The van der Waals surface area contributed by atoms with E-state index in [1.165, 1.54) is 29.5 Å². The number of hydrogen-bond acceptors (Lipinski definition) is 3. The Hall–Kier alpha value is -6.13. The maximum Gasteiger partial charge on any atom is 2.00 e. The van der Waals surface area contributed by atoms with Gasteiger partial charge in [0.1, 0.15) is 17.3 Å². The Kier molecular flexibility index (Phi) is 9.29. The largest absolute Gasteiger partial charge is 2.00 e. The van der Waals surface area contributed by atoms with Crippen LogP contribution in [-0.2, 0) is 20.4 Å². The van der Waals surface area contributed by atoms with Crippen LogP contribution in [0.4, 0.5) is 4.39 Å². The molecular formula is C47H33FN4OPd. The molecule has 264 valence electrons. The summed E-state index contributed by atoms with van der Waals surface area (Å²) in [6, 6.07) is 52.9. The summed E-state index contributed by atoms with van der Waals surface area (Å²) in [7, 11) is 0. The van der Waals surface area contributed by atoms with Crippen molar-refractivity contribution in [2.75, 3.05) is 0 Å². The van der Waals surface area contributed by atoms with Crippen LogP contribution in [0.15, 0.2) is 146 Å². The summed E-state index contributed by atoms with van der Waals surface area (Å²) < 4.78 is 24.9. The predicted molar refractivity (Wildman–Crippen MR) is 210 cm³/mol. The molecule has 9 aromatic rings. The zero-order chi connectivity index (χ0) is 36.1. The van der Waals surface area contributed by atoms with E-state index < -0.39 is 0 Å². The second kappa shape index (κ2) is 14.4. The number of pyridine rings is 1. The molecule has 0 saturated heterocycles. The minimum atomic E-state index is -0.361. The summed E-state index contributed by atoms with van der Waals surface area (Å²) in [6.07, 6.45) is 1.48. The molecular weight excluding hydrogens is 762 g/mol. The van der Waals surface area contributed by atoms with Crippen molar-refractivity contribution < 1.29 is 29.6 Å². The third-order valence-electron chi connectivity index (χ3n) is 9.63. The number of rotatable bonds is 7. The van der Waals surface area contributed by atoms with Crippen LogP contribution >= 0.6 is 0 Å². The Bertz CT molecular complexity index is 2790. The number of benzene rings is 6. The fourth-order valence-corrected chi connectivity index (χ4v) is 7.34. The van der Waals surface area contributed by atoms with Crippen molar-refractivity contribution in [3.05, 3.63) is 180 Å². The molecule has 54 heavy (non-hydrogen) atoms. The second-order valence-electron chi connectivity index (χ2n) is 13.3. The molecule has 0 saturated carbocycles. The van der Waals surface area contributed by atoms with Crippen molar-refractivity contribution in [2.45, 2.75) is 20.8 Å². The van der Waals surface area contributed by atoms with Gasteiger partial charge in [0.05, 0.1) is 5.69 Å². The van der Waals surface area contributed by atoms with Gasteiger partial charge in [0.2, 0.25) is 0 Å². The van der Waals surface area contributed by atoms with Crippen LogP contribution in [0.2, 0.25) is 0 Å². The maximum atomic E-state index is 14.4. The van der Waals surface area contributed by atoms with E-state index in [0.717, 1.165) is 66.7 Å². The number of aryl methyl sites for hydroxylation is 3. The third-order valence-corrected chi connectivity index (χ3v) is 9.63. The average Bonchev–Trinajstić information content (AvgIpc) is 3.72. The fraction of sp³-hybridized carbons (Fsp3) is 0.0638. The minimum absolute atomic E-state index is 0. The zero-order valence-electron chi connectivity index (χ0n) is 29.7. The molecule has 0 fully saturated rings. The van der Waals surface area contributed by atoms with Crippen LogP contribution in [0.25, 0.3) is 67.0 Å². The molecule has 0 aliphatic carbocycles. The standard InChI is InChI=1S/C47H33FN4O.Pd/c1-30-25-36(28-38(26-30)53-37-21-22-40-39-19-10-11-20-41(39)51(42(40)29-37)43-27-35(48)23-24-49-43)52-47(34-17-8-5-9-18-34)45(44-31(2)13-12-14-32(44)3)46(50-52)33-15-6-4-7-16-33;/h4-27H,1-3H3;/q-2;+2. The van der Waals surface area contributed by atoms with Crippen LogP contribution < -0.4 is 4.74 Å². The van der Waals surface area contributed by atoms with Crippen LogP contribution in [0.3, 0.4) is 0 Å². The van der Waals surface area contributed by atoms with E-state index in [2.05, 4.69) is 91.6 Å². The van der Waals surface area contributed by atoms with Crippen LogP contribution in [0.5, 0.6) is 11.5 Å². The third kappa shape index (κ3) is 6.22. The number of ether oxygens (including phenoxy) is 1. The van der Waals surface area contributed by atoms with E-state index in [-0.39, 0.29) is 26.2 Å². The molecule has 0 N–H and O–H groups in total. The Morgan fingerprint density at radius 1 is 0.630 bits per heavy atom. The van der Waals surface area contributed by atoms with Crippen LogP contribution in [0, 0.1) is 38.7 Å². The summed E-state index contributed by atoms with van der Waals surface area (Å²) in [5.41, 5.74) is 11.8. The van der Waals surface area contributed by atoms with Gasteiger partial charge in [-0.1, -0.05) is 110 Å². The first-order valence-corrected chi connectivity index (χ1v) is 17.5. The molecule has 0 amide bonds. The molecule has 0 atom stereocenters. The number of halogens is 1.